The normalized spacial score (nSPS) is 20.5. The number of halogens is 1. The summed E-state index contributed by atoms with van der Waals surface area (Å²) in [6.45, 7) is 4.79. The van der Waals surface area contributed by atoms with Crippen molar-refractivity contribution in [1.29, 1.82) is 0 Å². The van der Waals surface area contributed by atoms with Gasteiger partial charge in [0.1, 0.15) is 5.82 Å². The first kappa shape index (κ1) is 15.6. The Kier molecular flexibility index (Phi) is 4.61. The summed E-state index contributed by atoms with van der Waals surface area (Å²) >= 11 is 7.80. The fourth-order valence-electron chi connectivity index (χ4n) is 2.73. The fraction of sp³-hybridized carbons (Fsp3) is 0.467. The molecule has 7 heteroatoms. The van der Waals surface area contributed by atoms with Gasteiger partial charge in [-0.15, -0.1) is 11.8 Å². The molecule has 2 aliphatic heterocycles. The number of methoxy groups -OCH3 is 1. The minimum absolute atomic E-state index is 0.115. The summed E-state index contributed by atoms with van der Waals surface area (Å²) in [7, 11) is 1.71. The Balaban J connectivity index is 1.82. The third-order valence-corrected chi connectivity index (χ3v) is 5.09. The highest BCUT2D eigenvalue weighted by molar-refractivity contribution is 7.99. The average Bonchev–Trinajstić information content (AvgIpc) is 2.93. The maximum atomic E-state index is 6.02. The molecule has 0 saturated carbocycles. The van der Waals surface area contributed by atoms with Crippen LogP contribution in [0.4, 0.5) is 5.82 Å². The lowest BCUT2D eigenvalue weighted by molar-refractivity contribution is 0.109. The molecule has 1 aromatic heterocycles. The number of anilines is 1. The quantitative estimate of drug-likeness (QED) is 0.823. The van der Waals surface area contributed by atoms with E-state index in [1.807, 2.05) is 6.92 Å². The first-order chi connectivity index (χ1) is 10.6. The van der Waals surface area contributed by atoms with Gasteiger partial charge in [0.2, 0.25) is 5.28 Å². The molecular formula is C15H19ClN4OS. The van der Waals surface area contributed by atoms with Crippen LogP contribution in [-0.2, 0) is 11.2 Å². The predicted octanol–water partition coefficient (Wildman–Crippen LogP) is 2.99. The second-order valence-electron chi connectivity index (χ2n) is 5.36. The molecular weight excluding hydrogens is 320 g/mol. The zero-order valence-electron chi connectivity index (χ0n) is 12.9. The molecule has 1 atom stereocenters. The largest absolute Gasteiger partial charge is 0.365 e. The highest BCUT2D eigenvalue weighted by Crippen LogP contribution is 2.36. The van der Waals surface area contributed by atoms with Gasteiger partial charge in [-0.25, -0.2) is 4.98 Å². The van der Waals surface area contributed by atoms with Crippen LogP contribution < -0.4 is 10.6 Å². The highest BCUT2D eigenvalue weighted by atomic mass is 35.5. The zero-order chi connectivity index (χ0) is 15.7. The second-order valence-corrected chi connectivity index (χ2v) is 6.81. The molecule has 118 valence electrons. The lowest BCUT2D eigenvalue weighted by Crippen LogP contribution is -2.37. The predicted molar refractivity (Wildman–Crippen MR) is 90.3 cm³/mol. The molecule has 1 aromatic rings. The van der Waals surface area contributed by atoms with E-state index in [0.717, 1.165) is 34.3 Å². The maximum absolute atomic E-state index is 6.02. The summed E-state index contributed by atoms with van der Waals surface area (Å²) in [5.41, 5.74) is 4.52. The van der Waals surface area contributed by atoms with E-state index in [9.17, 15) is 0 Å². The van der Waals surface area contributed by atoms with Crippen molar-refractivity contribution >= 4 is 29.2 Å². The summed E-state index contributed by atoms with van der Waals surface area (Å²) in [6, 6.07) is 0. The maximum Gasteiger partial charge on any atom is 0.224 e. The van der Waals surface area contributed by atoms with Crippen LogP contribution in [0.3, 0.4) is 0 Å². The molecule has 22 heavy (non-hydrogen) atoms. The number of ether oxygens (including phenoxy) is 1. The first-order valence-electron chi connectivity index (χ1n) is 7.19. The minimum atomic E-state index is -0.115. The Morgan fingerprint density at radius 1 is 1.45 bits per heavy atom. The van der Waals surface area contributed by atoms with Crippen molar-refractivity contribution < 1.29 is 4.74 Å². The molecule has 5 nitrogen and oxygen atoms in total. The van der Waals surface area contributed by atoms with E-state index < -0.39 is 0 Å². The van der Waals surface area contributed by atoms with Gasteiger partial charge in [0.15, 0.2) is 6.23 Å². The van der Waals surface area contributed by atoms with E-state index in [4.69, 9.17) is 16.3 Å². The summed E-state index contributed by atoms with van der Waals surface area (Å²) in [5, 5.41) is 7.03. The van der Waals surface area contributed by atoms with E-state index in [1.165, 1.54) is 11.1 Å². The molecule has 3 rings (SSSR count). The number of thioether (sulfide) groups is 1. The van der Waals surface area contributed by atoms with Crippen molar-refractivity contribution in [2.75, 3.05) is 24.7 Å². The van der Waals surface area contributed by atoms with Crippen LogP contribution in [0, 0.1) is 0 Å². The number of hydrogen-bond acceptors (Lipinski definition) is 6. The molecule has 3 heterocycles. The standard InChI is InChI=1S/C15H19ClN4OS/c1-8-6-9(2)18-14(21-3)10(8)7-17-13-12-11(4-5-22-12)19-15(16)20-13/h6,14,18H,4-5,7H2,1-3H3,(H,17,19,20). The lowest BCUT2D eigenvalue weighted by atomic mass is 10.0. The topological polar surface area (TPSA) is 59.1 Å². The summed E-state index contributed by atoms with van der Waals surface area (Å²) in [4.78, 5) is 9.76. The van der Waals surface area contributed by atoms with Crippen LogP contribution in [0.25, 0.3) is 0 Å². The first-order valence-corrected chi connectivity index (χ1v) is 8.55. The number of aryl methyl sites for hydroxylation is 1. The lowest BCUT2D eigenvalue weighted by Gasteiger charge is -2.28. The van der Waals surface area contributed by atoms with Crippen LogP contribution in [0.15, 0.2) is 27.8 Å². The van der Waals surface area contributed by atoms with Crippen LogP contribution in [0.2, 0.25) is 5.28 Å². The monoisotopic (exact) mass is 338 g/mol. The number of nitrogens with one attached hydrogen (secondary N) is 2. The molecule has 0 spiro atoms. The highest BCUT2D eigenvalue weighted by Gasteiger charge is 2.22. The van der Waals surface area contributed by atoms with Gasteiger partial charge < -0.3 is 15.4 Å². The molecule has 0 radical (unpaired) electrons. The summed E-state index contributed by atoms with van der Waals surface area (Å²) in [6.07, 6.45) is 2.96. The number of rotatable bonds is 4. The number of fused-ring (bicyclic) bond motifs is 1. The molecule has 0 amide bonds. The molecule has 2 aliphatic rings. The smallest absolute Gasteiger partial charge is 0.224 e. The van der Waals surface area contributed by atoms with Crippen LogP contribution in [0.5, 0.6) is 0 Å². The molecule has 0 aliphatic carbocycles. The van der Waals surface area contributed by atoms with Crippen LogP contribution in [-0.4, -0.2) is 35.6 Å². The molecule has 0 saturated heterocycles. The molecule has 0 aromatic carbocycles. The van der Waals surface area contributed by atoms with Crippen molar-refractivity contribution in [3.05, 3.63) is 33.9 Å². The van der Waals surface area contributed by atoms with Gasteiger partial charge in [-0.1, -0.05) is 0 Å². The minimum Gasteiger partial charge on any atom is -0.365 e. The Hall–Kier alpha value is -1.24. The Morgan fingerprint density at radius 2 is 2.27 bits per heavy atom. The number of hydrogen-bond donors (Lipinski definition) is 2. The Labute approximate surface area is 139 Å². The van der Waals surface area contributed by atoms with Crippen LogP contribution in [0.1, 0.15) is 19.5 Å². The van der Waals surface area contributed by atoms with Crippen molar-refractivity contribution in [1.82, 2.24) is 15.3 Å². The van der Waals surface area contributed by atoms with E-state index in [-0.39, 0.29) is 6.23 Å². The Morgan fingerprint density at radius 3 is 3.05 bits per heavy atom. The second kappa shape index (κ2) is 6.48. The number of nitrogens with zero attached hydrogens (tertiary/aromatic N) is 2. The van der Waals surface area contributed by atoms with E-state index >= 15 is 0 Å². The number of dihydropyridines is 1. The van der Waals surface area contributed by atoms with Crippen molar-refractivity contribution in [2.45, 2.75) is 31.4 Å². The third-order valence-electron chi connectivity index (χ3n) is 3.79. The van der Waals surface area contributed by atoms with Gasteiger partial charge in [-0.3, -0.25) is 0 Å². The van der Waals surface area contributed by atoms with Crippen LogP contribution >= 0.6 is 23.4 Å². The summed E-state index contributed by atoms with van der Waals surface area (Å²) in [5.74, 6) is 1.85. The van der Waals surface area contributed by atoms with Gasteiger partial charge in [0.05, 0.1) is 10.6 Å². The van der Waals surface area contributed by atoms with Crippen molar-refractivity contribution in [3.63, 3.8) is 0 Å². The fourth-order valence-corrected chi connectivity index (χ4v) is 3.98. The average molecular weight is 339 g/mol. The molecule has 0 bridgehead atoms. The molecule has 2 N–H and O–H groups in total. The third kappa shape index (κ3) is 3.09. The Bertz CT molecular complexity index is 659. The molecule has 1 unspecified atom stereocenters. The number of allylic oxidation sites excluding steroid dienone is 3. The number of aromatic nitrogens is 2. The van der Waals surface area contributed by atoms with Crippen molar-refractivity contribution in [3.8, 4) is 0 Å². The summed E-state index contributed by atoms with van der Waals surface area (Å²) < 4.78 is 5.54. The van der Waals surface area contributed by atoms with Gasteiger partial charge >= 0.3 is 0 Å². The van der Waals surface area contributed by atoms with E-state index in [1.54, 1.807) is 18.9 Å². The van der Waals surface area contributed by atoms with Gasteiger partial charge in [0, 0.05) is 37.1 Å². The van der Waals surface area contributed by atoms with Gasteiger partial charge in [0.25, 0.3) is 0 Å². The van der Waals surface area contributed by atoms with E-state index in [0.29, 0.717) is 11.8 Å². The van der Waals surface area contributed by atoms with E-state index in [2.05, 4.69) is 33.6 Å². The van der Waals surface area contributed by atoms with Gasteiger partial charge in [-0.2, -0.15) is 4.98 Å². The van der Waals surface area contributed by atoms with Gasteiger partial charge in [-0.05, 0) is 37.1 Å². The molecule has 0 fully saturated rings. The zero-order valence-corrected chi connectivity index (χ0v) is 14.4. The SMILES string of the molecule is COC1NC(C)=CC(C)=C1CNc1nc(Cl)nc2c1SCC2. The van der Waals surface area contributed by atoms with Crippen molar-refractivity contribution in [2.24, 2.45) is 0 Å².